The van der Waals surface area contributed by atoms with Crippen LogP contribution in [0.5, 0.6) is 5.75 Å². The standard InChI is InChI=1S/C21H21N9O3/c1-29(15-6-4-3-5-7-15)13-17-18(24-28-30(17)20-19(22)26-33-27-20)21(31)25-23-12-14-8-10-16(32-2)11-9-14/h3-12H,13H2,1-2H3,(H2,22,26)(H,25,31)/b23-12+. The number of hydrazone groups is 1. The number of benzene rings is 2. The number of nitrogens with two attached hydrogens (primary N) is 1. The highest BCUT2D eigenvalue weighted by atomic mass is 16.6. The van der Waals surface area contributed by atoms with Crippen LogP contribution in [0.3, 0.4) is 0 Å². The first-order chi connectivity index (χ1) is 16.1. The fourth-order valence-corrected chi connectivity index (χ4v) is 3.03. The van der Waals surface area contributed by atoms with E-state index in [1.54, 1.807) is 19.2 Å². The van der Waals surface area contributed by atoms with Crippen molar-refractivity contribution in [2.24, 2.45) is 5.10 Å². The summed E-state index contributed by atoms with van der Waals surface area (Å²) >= 11 is 0. The SMILES string of the molecule is COc1ccc(/C=N/NC(=O)c2nnn(-c3nonc3N)c2CN(C)c2ccccc2)cc1. The van der Waals surface area contributed by atoms with E-state index in [1.807, 2.05) is 54.4 Å². The minimum Gasteiger partial charge on any atom is -0.497 e. The lowest BCUT2D eigenvalue weighted by Crippen LogP contribution is -2.24. The molecule has 2 aromatic heterocycles. The first-order valence-corrected chi connectivity index (χ1v) is 9.83. The van der Waals surface area contributed by atoms with Crippen LogP contribution in [-0.4, -0.2) is 51.6 Å². The molecule has 0 unspecified atom stereocenters. The van der Waals surface area contributed by atoms with Crippen LogP contribution in [0.2, 0.25) is 0 Å². The Morgan fingerprint density at radius 1 is 1.21 bits per heavy atom. The molecule has 0 aliphatic carbocycles. The zero-order valence-electron chi connectivity index (χ0n) is 17.9. The van der Waals surface area contributed by atoms with Gasteiger partial charge >= 0.3 is 0 Å². The topological polar surface area (TPSA) is 150 Å². The number of para-hydroxylation sites is 1. The zero-order chi connectivity index (χ0) is 23.2. The summed E-state index contributed by atoms with van der Waals surface area (Å²) in [6.45, 7) is 0.272. The van der Waals surface area contributed by atoms with Gasteiger partial charge in [0.2, 0.25) is 11.6 Å². The first kappa shape index (κ1) is 21.5. The highest BCUT2D eigenvalue weighted by molar-refractivity contribution is 5.94. The van der Waals surface area contributed by atoms with Crippen molar-refractivity contribution in [3.63, 3.8) is 0 Å². The third kappa shape index (κ3) is 4.79. The highest BCUT2D eigenvalue weighted by Crippen LogP contribution is 2.20. The molecule has 2 aromatic carbocycles. The lowest BCUT2D eigenvalue weighted by molar-refractivity contribution is 0.0949. The lowest BCUT2D eigenvalue weighted by atomic mass is 10.2. The molecule has 33 heavy (non-hydrogen) atoms. The molecule has 0 radical (unpaired) electrons. The van der Waals surface area contributed by atoms with Crippen molar-refractivity contribution >= 4 is 23.6 Å². The van der Waals surface area contributed by atoms with Gasteiger partial charge in [-0.1, -0.05) is 23.4 Å². The van der Waals surface area contributed by atoms with Gasteiger partial charge in [-0.05, 0) is 52.3 Å². The molecule has 12 heteroatoms. The predicted octanol–water partition coefficient (Wildman–Crippen LogP) is 1.64. The van der Waals surface area contributed by atoms with Crippen molar-refractivity contribution in [3.8, 4) is 11.6 Å². The Labute approximate surface area is 188 Å². The number of amides is 1. The van der Waals surface area contributed by atoms with E-state index in [4.69, 9.17) is 10.5 Å². The third-order valence-corrected chi connectivity index (χ3v) is 4.75. The maximum absolute atomic E-state index is 12.9. The zero-order valence-corrected chi connectivity index (χ0v) is 17.9. The number of hydrogen-bond acceptors (Lipinski definition) is 10. The number of carbonyl (C=O) groups excluding carboxylic acids is 1. The largest absolute Gasteiger partial charge is 0.497 e. The van der Waals surface area contributed by atoms with Crippen LogP contribution in [0.25, 0.3) is 5.82 Å². The van der Waals surface area contributed by atoms with Gasteiger partial charge in [0.15, 0.2) is 5.69 Å². The molecule has 0 spiro atoms. The molecule has 0 aliphatic rings. The molecule has 1 amide bonds. The van der Waals surface area contributed by atoms with Gasteiger partial charge < -0.3 is 15.4 Å². The number of nitrogens with zero attached hydrogens (tertiary/aromatic N) is 7. The van der Waals surface area contributed by atoms with E-state index in [9.17, 15) is 4.79 Å². The maximum Gasteiger partial charge on any atom is 0.293 e. The monoisotopic (exact) mass is 447 g/mol. The van der Waals surface area contributed by atoms with Crippen molar-refractivity contribution in [2.75, 3.05) is 24.8 Å². The molecule has 168 valence electrons. The van der Waals surface area contributed by atoms with Crippen molar-refractivity contribution in [2.45, 2.75) is 6.54 Å². The molecule has 4 aromatic rings. The molecular weight excluding hydrogens is 426 g/mol. The van der Waals surface area contributed by atoms with E-state index in [2.05, 4.69) is 35.8 Å². The molecule has 0 saturated carbocycles. The molecule has 0 fully saturated rings. The fourth-order valence-electron chi connectivity index (χ4n) is 3.03. The van der Waals surface area contributed by atoms with Crippen molar-refractivity contribution < 1.29 is 14.2 Å². The Morgan fingerprint density at radius 3 is 2.64 bits per heavy atom. The van der Waals surface area contributed by atoms with Crippen molar-refractivity contribution in [1.29, 1.82) is 0 Å². The van der Waals surface area contributed by atoms with E-state index >= 15 is 0 Å². The van der Waals surface area contributed by atoms with Crippen LogP contribution < -0.4 is 20.8 Å². The summed E-state index contributed by atoms with van der Waals surface area (Å²) in [5.41, 5.74) is 10.5. The minimum atomic E-state index is -0.544. The van der Waals surface area contributed by atoms with Crippen molar-refractivity contribution in [3.05, 3.63) is 71.5 Å². The first-order valence-electron chi connectivity index (χ1n) is 9.83. The molecule has 2 heterocycles. The van der Waals surface area contributed by atoms with Gasteiger partial charge in [-0.3, -0.25) is 4.79 Å². The summed E-state index contributed by atoms with van der Waals surface area (Å²) in [6, 6.07) is 16.9. The van der Waals surface area contributed by atoms with Crippen LogP contribution >= 0.6 is 0 Å². The summed E-state index contributed by atoms with van der Waals surface area (Å²) in [5.74, 6) is 0.340. The number of ether oxygens (including phenoxy) is 1. The summed E-state index contributed by atoms with van der Waals surface area (Å²) in [6.07, 6.45) is 1.51. The Morgan fingerprint density at radius 2 is 1.97 bits per heavy atom. The van der Waals surface area contributed by atoms with Gasteiger partial charge in [-0.25, -0.2) is 10.1 Å². The molecule has 0 saturated heterocycles. The Hall–Kier alpha value is -4.74. The van der Waals surface area contributed by atoms with E-state index in [-0.39, 0.29) is 23.9 Å². The second kappa shape index (κ2) is 9.60. The van der Waals surface area contributed by atoms with Crippen LogP contribution in [0.4, 0.5) is 11.5 Å². The molecule has 3 N–H and O–H groups in total. The molecule has 4 rings (SSSR count). The number of nitrogen functional groups attached to an aromatic ring is 1. The van der Waals surface area contributed by atoms with Gasteiger partial charge in [0.25, 0.3) is 5.91 Å². The lowest BCUT2D eigenvalue weighted by Gasteiger charge is -2.19. The van der Waals surface area contributed by atoms with E-state index in [0.717, 1.165) is 17.0 Å². The molecule has 0 atom stereocenters. The number of nitrogens with one attached hydrogen (secondary N) is 1. The Kier molecular flexibility index (Phi) is 6.25. The smallest absolute Gasteiger partial charge is 0.293 e. The Bertz CT molecular complexity index is 1250. The van der Waals surface area contributed by atoms with E-state index in [0.29, 0.717) is 5.69 Å². The third-order valence-electron chi connectivity index (χ3n) is 4.75. The number of anilines is 2. The van der Waals surface area contributed by atoms with E-state index < -0.39 is 5.91 Å². The van der Waals surface area contributed by atoms with Crippen molar-refractivity contribution in [1.82, 2.24) is 30.7 Å². The van der Waals surface area contributed by atoms with E-state index in [1.165, 1.54) is 10.9 Å². The molecule has 12 nitrogen and oxygen atoms in total. The van der Waals surface area contributed by atoms with Gasteiger partial charge in [-0.2, -0.15) is 9.78 Å². The second-order valence-corrected chi connectivity index (χ2v) is 6.93. The van der Waals surface area contributed by atoms with Crippen LogP contribution in [0.1, 0.15) is 21.7 Å². The van der Waals surface area contributed by atoms with Gasteiger partial charge in [0.05, 0.1) is 25.6 Å². The average molecular weight is 447 g/mol. The predicted molar refractivity (Wildman–Crippen MR) is 120 cm³/mol. The number of aromatic nitrogens is 5. The Balaban J connectivity index is 1.58. The minimum absolute atomic E-state index is 0.0213. The van der Waals surface area contributed by atoms with Crippen LogP contribution in [0.15, 0.2) is 64.3 Å². The number of hydrogen-bond donors (Lipinski definition) is 2. The fraction of sp³-hybridized carbons (Fsp3) is 0.143. The molecule has 0 bridgehead atoms. The van der Waals surface area contributed by atoms with Crippen LogP contribution in [-0.2, 0) is 6.54 Å². The summed E-state index contributed by atoms with van der Waals surface area (Å²) < 4.78 is 11.1. The average Bonchev–Trinajstić information content (AvgIpc) is 3.45. The summed E-state index contributed by atoms with van der Waals surface area (Å²) in [5, 5.41) is 19.4. The highest BCUT2D eigenvalue weighted by Gasteiger charge is 2.25. The normalized spacial score (nSPS) is 11.0. The summed E-state index contributed by atoms with van der Waals surface area (Å²) in [7, 11) is 3.46. The second-order valence-electron chi connectivity index (χ2n) is 6.93. The number of methoxy groups -OCH3 is 1. The maximum atomic E-state index is 12.9. The summed E-state index contributed by atoms with van der Waals surface area (Å²) in [4.78, 5) is 14.8. The quantitative estimate of drug-likeness (QED) is 0.303. The number of rotatable bonds is 8. The van der Waals surface area contributed by atoms with Gasteiger partial charge in [0, 0.05) is 12.7 Å². The van der Waals surface area contributed by atoms with Gasteiger partial charge in [0.1, 0.15) is 5.75 Å². The molecular formula is C21H21N9O3. The van der Waals surface area contributed by atoms with Gasteiger partial charge in [-0.15, -0.1) is 5.10 Å². The number of carbonyl (C=O) groups is 1. The van der Waals surface area contributed by atoms with Crippen LogP contribution in [0, 0.1) is 0 Å². The molecule has 0 aliphatic heterocycles.